The van der Waals surface area contributed by atoms with Crippen molar-refractivity contribution < 1.29 is 4.39 Å². The van der Waals surface area contributed by atoms with Gasteiger partial charge in [-0.1, -0.05) is 36.3 Å². The summed E-state index contributed by atoms with van der Waals surface area (Å²) in [5, 5.41) is 3.15. The molecule has 1 aliphatic rings. The van der Waals surface area contributed by atoms with Crippen LogP contribution in [-0.4, -0.2) is 24.1 Å². The van der Waals surface area contributed by atoms with Crippen molar-refractivity contribution in [2.24, 2.45) is 9.98 Å². The summed E-state index contributed by atoms with van der Waals surface area (Å²) in [6, 6.07) is 14.1. The second-order valence-electron chi connectivity index (χ2n) is 5.28. The first-order chi connectivity index (χ1) is 11.2. The lowest BCUT2D eigenvalue weighted by molar-refractivity contribution is 0.627. The number of fused-ring (bicyclic) bond motifs is 1. The molecule has 0 amide bonds. The highest BCUT2D eigenvalue weighted by Crippen LogP contribution is 2.26. The third-order valence-corrected chi connectivity index (χ3v) is 3.54. The van der Waals surface area contributed by atoms with E-state index in [1.807, 2.05) is 37.3 Å². The topological polar surface area (TPSA) is 36.8 Å². The quantitative estimate of drug-likeness (QED) is 0.849. The minimum Gasteiger partial charge on any atom is -0.359 e. The average molecular weight is 305 g/mol. The Balaban J connectivity index is 2.09. The molecule has 0 aliphatic carbocycles. The number of halogens is 1. The summed E-state index contributed by atoms with van der Waals surface area (Å²) in [4.78, 5) is 9.21. The highest BCUT2D eigenvalue weighted by Gasteiger charge is 2.17. The van der Waals surface area contributed by atoms with Crippen molar-refractivity contribution in [3.63, 3.8) is 0 Å². The summed E-state index contributed by atoms with van der Waals surface area (Å²) < 4.78 is 13.7. The van der Waals surface area contributed by atoms with Gasteiger partial charge < -0.3 is 5.32 Å². The minimum absolute atomic E-state index is 0.147. The molecule has 0 fully saturated rings. The molecule has 1 unspecified atom stereocenters. The lowest BCUT2D eigenvalue weighted by Crippen LogP contribution is -2.33. The number of rotatable bonds is 2. The number of amidine groups is 1. The zero-order chi connectivity index (χ0) is 16.2. The number of hydrogen-bond acceptors (Lipinski definition) is 3. The lowest BCUT2D eigenvalue weighted by atomic mass is 10.0. The van der Waals surface area contributed by atoms with E-state index in [-0.39, 0.29) is 11.9 Å². The van der Waals surface area contributed by atoms with E-state index in [4.69, 9.17) is 6.42 Å². The van der Waals surface area contributed by atoms with Crippen LogP contribution in [0.5, 0.6) is 0 Å². The number of hydrogen-bond donors (Lipinski definition) is 1. The second kappa shape index (κ2) is 6.45. The number of terminal acetylenes is 1. The highest BCUT2D eigenvalue weighted by atomic mass is 19.1. The van der Waals surface area contributed by atoms with Crippen molar-refractivity contribution in [3.05, 3.63) is 65.5 Å². The van der Waals surface area contributed by atoms with Crippen molar-refractivity contribution in [3.8, 4) is 12.3 Å². The van der Waals surface area contributed by atoms with Crippen molar-refractivity contribution in [1.82, 2.24) is 5.32 Å². The number of nitrogens with zero attached hydrogens (tertiary/aromatic N) is 2. The lowest BCUT2D eigenvalue weighted by Gasteiger charge is -2.09. The van der Waals surface area contributed by atoms with Gasteiger partial charge in [0.25, 0.3) is 0 Å². The van der Waals surface area contributed by atoms with Crippen LogP contribution < -0.4 is 5.32 Å². The molecule has 114 valence electrons. The molecule has 0 aromatic heterocycles. The van der Waals surface area contributed by atoms with Crippen molar-refractivity contribution in [1.29, 1.82) is 0 Å². The zero-order valence-corrected chi connectivity index (χ0v) is 12.8. The minimum atomic E-state index is -0.309. The Labute approximate surface area is 135 Å². The molecule has 1 heterocycles. The van der Waals surface area contributed by atoms with Gasteiger partial charge in [-0.3, -0.25) is 4.99 Å². The van der Waals surface area contributed by atoms with Gasteiger partial charge in [0.1, 0.15) is 11.7 Å². The summed E-state index contributed by atoms with van der Waals surface area (Å²) >= 11 is 0. The SMILES string of the molecule is C#CC(C)NC1=Nc2ccc(F)cc2C(c2ccccc2)=NC1. The smallest absolute Gasteiger partial charge is 0.125 e. The first-order valence-electron chi connectivity index (χ1n) is 7.37. The van der Waals surface area contributed by atoms with Gasteiger partial charge in [-0.25, -0.2) is 9.38 Å². The molecular weight excluding hydrogens is 289 g/mol. The van der Waals surface area contributed by atoms with Crippen molar-refractivity contribution >= 4 is 17.2 Å². The van der Waals surface area contributed by atoms with Gasteiger partial charge in [-0.15, -0.1) is 6.42 Å². The largest absolute Gasteiger partial charge is 0.359 e. The number of benzene rings is 2. The van der Waals surface area contributed by atoms with E-state index in [1.165, 1.54) is 12.1 Å². The maximum absolute atomic E-state index is 13.7. The van der Waals surface area contributed by atoms with E-state index in [1.54, 1.807) is 6.07 Å². The van der Waals surface area contributed by atoms with E-state index >= 15 is 0 Å². The predicted molar refractivity (Wildman–Crippen MR) is 91.9 cm³/mol. The van der Waals surface area contributed by atoms with Gasteiger partial charge in [-0.05, 0) is 25.1 Å². The van der Waals surface area contributed by atoms with Gasteiger partial charge in [0, 0.05) is 11.1 Å². The first kappa shape index (κ1) is 15.0. The standard InChI is InChI=1S/C19H16FN3/c1-3-13(2)22-18-12-21-19(14-7-5-4-6-8-14)16-11-15(20)9-10-17(16)23-18/h1,4-11,13H,12H2,2H3,(H,22,23). The molecule has 0 saturated carbocycles. The molecule has 23 heavy (non-hydrogen) atoms. The molecular formula is C19H16FN3. The van der Waals surface area contributed by atoms with Crippen LogP contribution in [0.3, 0.4) is 0 Å². The molecule has 1 N–H and O–H groups in total. The Morgan fingerprint density at radius 1 is 1.22 bits per heavy atom. The third kappa shape index (κ3) is 3.29. The molecule has 4 heteroatoms. The molecule has 1 atom stereocenters. The molecule has 2 aromatic rings. The van der Waals surface area contributed by atoms with E-state index in [0.717, 1.165) is 11.3 Å². The Kier molecular flexibility index (Phi) is 4.20. The van der Waals surface area contributed by atoms with Gasteiger partial charge in [0.2, 0.25) is 0 Å². The maximum Gasteiger partial charge on any atom is 0.125 e. The first-order valence-corrected chi connectivity index (χ1v) is 7.37. The van der Waals surface area contributed by atoms with Crippen LogP contribution in [-0.2, 0) is 0 Å². The Hall–Kier alpha value is -2.93. The van der Waals surface area contributed by atoms with Crippen LogP contribution in [0.2, 0.25) is 0 Å². The molecule has 3 rings (SSSR count). The molecule has 0 spiro atoms. The molecule has 0 radical (unpaired) electrons. The molecule has 1 aliphatic heterocycles. The van der Waals surface area contributed by atoms with Crippen LogP contribution in [0, 0.1) is 18.2 Å². The molecule has 2 aromatic carbocycles. The monoisotopic (exact) mass is 305 g/mol. The van der Waals surface area contributed by atoms with Crippen molar-refractivity contribution in [2.45, 2.75) is 13.0 Å². The summed E-state index contributed by atoms with van der Waals surface area (Å²) in [7, 11) is 0. The van der Waals surface area contributed by atoms with E-state index in [0.29, 0.717) is 23.6 Å². The van der Waals surface area contributed by atoms with E-state index in [9.17, 15) is 4.39 Å². The van der Waals surface area contributed by atoms with Gasteiger partial charge in [-0.2, -0.15) is 0 Å². The fourth-order valence-electron chi connectivity index (χ4n) is 2.43. The van der Waals surface area contributed by atoms with E-state index < -0.39 is 0 Å². The summed E-state index contributed by atoms with van der Waals surface area (Å²) in [5.74, 6) is 2.97. The normalized spacial score (nSPS) is 14.7. The predicted octanol–water partition coefficient (Wildman–Crippen LogP) is 3.32. The zero-order valence-electron chi connectivity index (χ0n) is 12.8. The van der Waals surface area contributed by atoms with Crippen LogP contribution in [0.1, 0.15) is 18.1 Å². The van der Waals surface area contributed by atoms with E-state index in [2.05, 4.69) is 21.2 Å². The molecule has 0 bridgehead atoms. The van der Waals surface area contributed by atoms with Crippen LogP contribution in [0.15, 0.2) is 58.5 Å². The fraction of sp³-hybridized carbons (Fsp3) is 0.158. The Bertz CT molecular complexity index is 816. The number of aliphatic imine (C=N–C) groups is 2. The van der Waals surface area contributed by atoms with Gasteiger partial charge in [0.05, 0.1) is 24.0 Å². The van der Waals surface area contributed by atoms with Crippen LogP contribution in [0.25, 0.3) is 0 Å². The van der Waals surface area contributed by atoms with Gasteiger partial charge >= 0.3 is 0 Å². The summed E-state index contributed by atoms with van der Waals surface area (Å²) in [6.45, 7) is 2.24. The Morgan fingerprint density at radius 3 is 2.74 bits per heavy atom. The van der Waals surface area contributed by atoms with Crippen LogP contribution in [0.4, 0.5) is 10.1 Å². The summed E-state index contributed by atoms with van der Waals surface area (Å²) in [6.07, 6.45) is 5.41. The molecule has 3 nitrogen and oxygen atoms in total. The average Bonchev–Trinajstić information content (AvgIpc) is 2.74. The number of nitrogens with one attached hydrogen (secondary N) is 1. The Morgan fingerprint density at radius 2 is 2.00 bits per heavy atom. The summed E-state index contributed by atoms with van der Waals surface area (Å²) in [5.41, 5.74) is 3.02. The fourth-order valence-corrected chi connectivity index (χ4v) is 2.43. The van der Waals surface area contributed by atoms with Gasteiger partial charge in [0.15, 0.2) is 0 Å². The van der Waals surface area contributed by atoms with Crippen molar-refractivity contribution in [2.75, 3.05) is 6.54 Å². The highest BCUT2D eigenvalue weighted by molar-refractivity contribution is 6.17. The van der Waals surface area contributed by atoms with Crippen LogP contribution >= 0.6 is 0 Å². The molecule has 0 saturated heterocycles. The maximum atomic E-state index is 13.7. The third-order valence-electron chi connectivity index (χ3n) is 3.54. The second-order valence-corrected chi connectivity index (χ2v) is 5.28.